The molecule has 3 aliphatic rings. The van der Waals surface area contributed by atoms with E-state index in [2.05, 4.69) is 0 Å². The Morgan fingerprint density at radius 2 is 1.45 bits per heavy atom. The molecule has 0 unspecified atom stereocenters. The Balaban J connectivity index is 1.45. The van der Waals surface area contributed by atoms with Crippen molar-refractivity contribution >= 4 is 0 Å². The van der Waals surface area contributed by atoms with E-state index in [4.69, 9.17) is 51.4 Å². The minimum Gasteiger partial charge on any atom is -0.497 e. The maximum Gasteiger partial charge on any atom is 0.187 e. The van der Waals surface area contributed by atoms with Crippen molar-refractivity contribution in [2.75, 3.05) is 20.3 Å². The van der Waals surface area contributed by atoms with Crippen LogP contribution in [0, 0.1) is 0 Å². The first-order valence-electron chi connectivity index (χ1n) is 13.3. The number of methoxy groups -OCH3 is 1. The Hall–Kier alpha value is -1.54. The van der Waals surface area contributed by atoms with Crippen LogP contribution in [-0.2, 0) is 30.3 Å². The highest BCUT2D eigenvalue weighted by Gasteiger charge is 2.53. The minimum absolute atomic E-state index is 0.123. The molecule has 14 atom stereocenters. The van der Waals surface area contributed by atoms with Gasteiger partial charge in [-0.05, 0) is 24.1 Å². The molecule has 2 heterocycles. The van der Waals surface area contributed by atoms with E-state index < -0.39 is 92.2 Å². The zero-order chi connectivity index (χ0) is 29.1. The van der Waals surface area contributed by atoms with Crippen molar-refractivity contribution in [1.29, 1.82) is 0 Å². The van der Waals surface area contributed by atoms with Crippen LogP contribution in [0.5, 0.6) is 5.75 Å². The molecule has 0 bridgehead atoms. The molecular weight excluding hydrogens is 532 g/mol. The summed E-state index contributed by atoms with van der Waals surface area (Å²) in [6.07, 6.45) is -13.0. The van der Waals surface area contributed by atoms with Crippen molar-refractivity contribution in [3.05, 3.63) is 29.8 Å². The SMILES string of the molecule is COc1ccc(CO[C@H]2[C@H](O[C@@H]3O[C@H](CO)[C@@H](O[C@H]4O[C@@H](CN)[C@@H](O)[C@H](O)[C@H]4N)[C@H]3O)[C@@H](O)[C@H](N)C[C@@H]2N)cc1. The average Bonchev–Trinajstić information content (AvgIpc) is 3.25. The highest BCUT2D eigenvalue weighted by Crippen LogP contribution is 2.33. The predicted octanol–water partition coefficient (Wildman–Crippen LogP) is -4.42. The summed E-state index contributed by atoms with van der Waals surface area (Å²) in [5.74, 6) is 0.687. The van der Waals surface area contributed by atoms with Crippen LogP contribution in [0.1, 0.15) is 12.0 Å². The van der Waals surface area contributed by atoms with E-state index in [-0.39, 0.29) is 19.6 Å². The molecular formula is C25H42N4O11. The van der Waals surface area contributed by atoms with Gasteiger partial charge in [-0.1, -0.05) is 12.1 Å². The van der Waals surface area contributed by atoms with Crippen LogP contribution in [0.2, 0.25) is 0 Å². The third-order valence-electron chi connectivity index (χ3n) is 7.70. The van der Waals surface area contributed by atoms with Gasteiger partial charge in [0, 0.05) is 18.6 Å². The summed E-state index contributed by atoms with van der Waals surface area (Å²) in [5.41, 5.74) is 24.9. The van der Waals surface area contributed by atoms with Gasteiger partial charge < -0.3 is 76.9 Å². The third-order valence-corrected chi connectivity index (χ3v) is 7.70. The van der Waals surface area contributed by atoms with Gasteiger partial charge in [0.2, 0.25) is 0 Å². The second-order valence-corrected chi connectivity index (χ2v) is 10.4. The summed E-state index contributed by atoms with van der Waals surface area (Å²) < 4.78 is 34.4. The van der Waals surface area contributed by atoms with Crippen LogP contribution in [0.15, 0.2) is 24.3 Å². The minimum atomic E-state index is -1.49. The van der Waals surface area contributed by atoms with E-state index in [0.717, 1.165) is 5.56 Å². The lowest BCUT2D eigenvalue weighted by Gasteiger charge is -2.43. The van der Waals surface area contributed by atoms with Crippen molar-refractivity contribution < 1.29 is 54.0 Å². The monoisotopic (exact) mass is 574 g/mol. The number of benzene rings is 1. The van der Waals surface area contributed by atoms with Gasteiger partial charge >= 0.3 is 0 Å². The van der Waals surface area contributed by atoms with Gasteiger partial charge in [-0.3, -0.25) is 0 Å². The number of hydrogen-bond donors (Lipinski definition) is 9. The quantitative estimate of drug-likeness (QED) is 0.128. The summed E-state index contributed by atoms with van der Waals surface area (Å²) in [5, 5.41) is 52.3. The molecule has 1 aromatic rings. The molecule has 15 heteroatoms. The molecule has 1 aliphatic carbocycles. The number of aliphatic hydroxyl groups is 5. The molecule has 40 heavy (non-hydrogen) atoms. The van der Waals surface area contributed by atoms with Crippen LogP contribution < -0.4 is 27.7 Å². The van der Waals surface area contributed by atoms with Gasteiger partial charge in [0.1, 0.15) is 54.6 Å². The number of nitrogens with two attached hydrogens (primary N) is 4. The highest BCUT2D eigenvalue weighted by atomic mass is 16.8. The maximum atomic E-state index is 11.1. The number of rotatable bonds is 10. The molecule has 0 radical (unpaired) electrons. The molecule has 1 aromatic carbocycles. The van der Waals surface area contributed by atoms with Gasteiger partial charge in [-0.25, -0.2) is 0 Å². The molecule has 228 valence electrons. The summed E-state index contributed by atoms with van der Waals surface area (Å²) in [6.45, 7) is -0.545. The number of aliphatic hydroxyl groups excluding tert-OH is 5. The van der Waals surface area contributed by atoms with E-state index >= 15 is 0 Å². The Labute approximate surface area is 231 Å². The molecule has 3 fully saturated rings. The summed E-state index contributed by atoms with van der Waals surface area (Å²) in [4.78, 5) is 0. The van der Waals surface area contributed by atoms with E-state index in [1.54, 1.807) is 19.2 Å². The zero-order valence-electron chi connectivity index (χ0n) is 22.2. The standard InChI is InChI=1S/C25H42N4O11/c1-35-11-4-2-10(3-5-11)9-36-21-13(28)6-12(27)17(31)23(21)40-25-20(34)22(15(8-30)38-25)39-24-16(29)19(33)18(32)14(7-26)37-24/h2-5,12-25,30-34H,6-9,26-29H2,1H3/t12-,13+,14+,15-,16-,17+,18-,19-,20-,21-,22-,23-,24-,25+/m1/s1. The van der Waals surface area contributed by atoms with Crippen LogP contribution >= 0.6 is 0 Å². The number of ether oxygens (including phenoxy) is 6. The summed E-state index contributed by atoms with van der Waals surface area (Å²) in [7, 11) is 1.57. The Morgan fingerprint density at radius 1 is 0.800 bits per heavy atom. The molecule has 13 N–H and O–H groups in total. The molecule has 0 amide bonds. The molecule has 15 nitrogen and oxygen atoms in total. The fourth-order valence-corrected chi connectivity index (χ4v) is 5.27. The Morgan fingerprint density at radius 3 is 2.08 bits per heavy atom. The Kier molecular flexibility index (Phi) is 10.7. The van der Waals surface area contributed by atoms with Crippen molar-refractivity contribution in [2.24, 2.45) is 22.9 Å². The van der Waals surface area contributed by atoms with Crippen molar-refractivity contribution in [1.82, 2.24) is 0 Å². The fourth-order valence-electron chi connectivity index (χ4n) is 5.27. The first kappa shape index (κ1) is 31.4. The van der Waals surface area contributed by atoms with Gasteiger partial charge in [0.05, 0.1) is 32.5 Å². The first-order valence-corrected chi connectivity index (χ1v) is 13.3. The Bertz CT molecular complexity index is 931. The van der Waals surface area contributed by atoms with Gasteiger partial charge in [0.15, 0.2) is 12.6 Å². The molecule has 0 aromatic heterocycles. The average molecular weight is 575 g/mol. The van der Waals surface area contributed by atoms with E-state index in [9.17, 15) is 25.5 Å². The predicted molar refractivity (Wildman–Crippen MR) is 137 cm³/mol. The topological polar surface area (TPSA) is 261 Å². The van der Waals surface area contributed by atoms with E-state index in [1.165, 1.54) is 0 Å². The van der Waals surface area contributed by atoms with Crippen molar-refractivity contribution in [3.8, 4) is 5.75 Å². The second kappa shape index (κ2) is 13.6. The van der Waals surface area contributed by atoms with Gasteiger partial charge in [-0.15, -0.1) is 0 Å². The third kappa shape index (κ3) is 6.58. The molecule has 2 saturated heterocycles. The maximum absolute atomic E-state index is 11.1. The first-order chi connectivity index (χ1) is 19.1. The highest BCUT2D eigenvalue weighted by molar-refractivity contribution is 5.26. The van der Waals surface area contributed by atoms with E-state index in [0.29, 0.717) is 5.75 Å². The summed E-state index contributed by atoms with van der Waals surface area (Å²) >= 11 is 0. The van der Waals surface area contributed by atoms with Crippen LogP contribution in [0.25, 0.3) is 0 Å². The fraction of sp³-hybridized carbons (Fsp3) is 0.760. The molecule has 4 rings (SSSR count). The zero-order valence-corrected chi connectivity index (χ0v) is 22.2. The molecule has 0 spiro atoms. The normalized spacial score (nSPS) is 44.0. The van der Waals surface area contributed by atoms with Crippen LogP contribution in [0.4, 0.5) is 0 Å². The lowest BCUT2D eigenvalue weighted by Crippen LogP contribution is -2.64. The summed E-state index contributed by atoms with van der Waals surface area (Å²) in [6, 6.07) is 4.71. The molecule has 2 aliphatic heterocycles. The van der Waals surface area contributed by atoms with Crippen molar-refractivity contribution in [2.45, 2.75) is 98.7 Å². The largest absolute Gasteiger partial charge is 0.497 e. The van der Waals surface area contributed by atoms with E-state index in [1.807, 2.05) is 12.1 Å². The smallest absolute Gasteiger partial charge is 0.187 e. The number of hydrogen-bond acceptors (Lipinski definition) is 15. The molecule has 1 saturated carbocycles. The van der Waals surface area contributed by atoms with Crippen molar-refractivity contribution in [3.63, 3.8) is 0 Å². The lowest BCUT2D eigenvalue weighted by molar-refractivity contribution is -0.280. The van der Waals surface area contributed by atoms with Crippen LogP contribution in [-0.4, -0.2) is 131 Å². The van der Waals surface area contributed by atoms with Crippen LogP contribution in [0.3, 0.4) is 0 Å². The van der Waals surface area contributed by atoms with Gasteiger partial charge in [-0.2, -0.15) is 0 Å². The lowest BCUT2D eigenvalue weighted by atomic mass is 9.84. The second-order valence-electron chi connectivity index (χ2n) is 10.4. The van der Waals surface area contributed by atoms with Gasteiger partial charge in [0.25, 0.3) is 0 Å².